The maximum Gasteiger partial charge on any atom is 0.305 e. The molecule has 0 aliphatic heterocycles. The van der Waals surface area contributed by atoms with E-state index in [1.54, 1.807) is 12.1 Å². The predicted molar refractivity (Wildman–Crippen MR) is 83.7 cm³/mol. The SMILES string of the molecule is CCCNc1cccc(C(=O)NCC(C)CC)c1[N+](=O)[O-]. The van der Waals surface area contributed by atoms with Crippen LogP contribution in [0.1, 0.15) is 44.0 Å². The van der Waals surface area contributed by atoms with Gasteiger partial charge in [-0.2, -0.15) is 0 Å². The molecule has 0 radical (unpaired) electrons. The van der Waals surface area contributed by atoms with Gasteiger partial charge < -0.3 is 10.6 Å². The number of carbonyl (C=O) groups is 1. The summed E-state index contributed by atoms with van der Waals surface area (Å²) in [4.78, 5) is 23.0. The van der Waals surface area contributed by atoms with Crippen LogP contribution >= 0.6 is 0 Å². The van der Waals surface area contributed by atoms with Gasteiger partial charge in [0, 0.05) is 13.1 Å². The Labute approximate surface area is 125 Å². The van der Waals surface area contributed by atoms with Crippen LogP contribution in [-0.2, 0) is 0 Å². The van der Waals surface area contributed by atoms with Crippen LogP contribution in [0.3, 0.4) is 0 Å². The Morgan fingerprint density at radius 3 is 2.67 bits per heavy atom. The zero-order valence-corrected chi connectivity index (χ0v) is 12.8. The average Bonchev–Trinajstić information content (AvgIpc) is 2.49. The minimum absolute atomic E-state index is 0.101. The van der Waals surface area contributed by atoms with Gasteiger partial charge in [0.2, 0.25) is 0 Å². The fourth-order valence-electron chi connectivity index (χ4n) is 1.83. The lowest BCUT2D eigenvalue weighted by atomic mass is 10.1. The van der Waals surface area contributed by atoms with Gasteiger partial charge in [-0.1, -0.05) is 33.3 Å². The van der Waals surface area contributed by atoms with Crippen molar-refractivity contribution in [2.75, 3.05) is 18.4 Å². The highest BCUT2D eigenvalue weighted by Gasteiger charge is 2.24. The molecule has 1 amide bonds. The number of anilines is 1. The van der Waals surface area contributed by atoms with Crippen LogP contribution in [0.15, 0.2) is 18.2 Å². The van der Waals surface area contributed by atoms with Crippen molar-refractivity contribution in [2.45, 2.75) is 33.6 Å². The zero-order valence-electron chi connectivity index (χ0n) is 12.8. The molecule has 1 aromatic rings. The van der Waals surface area contributed by atoms with E-state index in [1.807, 2.05) is 20.8 Å². The Morgan fingerprint density at radius 2 is 2.10 bits per heavy atom. The molecule has 1 aromatic carbocycles. The smallest absolute Gasteiger partial charge is 0.305 e. The second kappa shape index (κ2) is 8.24. The lowest BCUT2D eigenvalue weighted by molar-refractivity contribution is -0.384. The van der Waals surface area contributed by atoms with Crippen molar-refractivity contribution in [3.63, 3.8) is 0 Å². The number of benzene rings is 1. The Kier molecular flexibility index (Phi) is 6.65. The van der Waals surface area contributed by atoms with Crippen LogP contribution in [0.25, 0.3) is 0 Å². The topological polar surface area (TPSA) is 84.3 Å². The number of nitro benzene ring substituents is 1. The van der Waals surface area contributed by atoms with Crippen LogP contribution < -0.4 is 10.6 Å². The Bertz CT molecular complexity index is 503. The van der Waals surface area contributed by atoms with Crippen LogP contribution in [0.2, 0.25) is 0 Å². The molecule has 21 heavy (non-hydrogen) atoms. The number of nitrogens with zero attached hydrogens (tertiary/aromatic N) is 1. The lowest BCUT2D eigenvalue weighted by Gasteiger charge is -2.12. The summed E-state index contributed by atoms with van der Waals surface area (Å²) in [6, 6.07) is 4.77. The number of carbonyl (C=O) groups excluding carboxylic acids is 1. The number of rotatable bonds is 8. The number of nitro groups is 1. The molecule has 0 aliphatic rings. The van der Waals surface area contributed by atoms with Crippen molar-refractivity contribution in [1.29, 1.82) is 0 Å². The molecule has 0 aromatic heterocycles. The quantitative estimate of drug-likeness (QED) is 0.569. The van der Waals surface area contributed by atoms with E-state index in [9.17, 15) is 14.9 Å². The summed E-state index contributed by atoms with van der Waals surface area (Å²) in [5.41, 5.74) is 0.329. The molecule has 0 saturated carbocycles. The third-order valence-electron chi connectivity index (χ3n) is 3.34. The number of nitrogens with one attached hydrogen (secondary N) is 2. The van der Waals surface area contributed by atoms with Crippen molar-refractivity contribution in [3.8, 4) is 0 Å². The molecule has 2 N–H and O–H groups in total. The first-order valence-electron chi connectivity index (χ1n) is 7.30. The van der Waals surface area contributed by atoms with Crippen molar-refractivity contribution in [1.82, 2.24) is 5.32 Å². The van der Waals surface area contributed by atoms with Gasteiger partial charge in [0.1, 0.15) is 11.3 Å². The summed E-state index contributed by atoms with van der Waals surface area (Å²) in [6.07, 6.45) is 1.79. The molecule has 6 heteroatoms. The second-order valence-electron chi connectivity index (χ2n) is 5.11. The first-order chi connectivity index (χ1) is 10.0. The van der Waals surface area contributed by atoms with Crippen molar-refractivity contribution in [2.24, 2.45) is 5.92 Å². The van der Waals surface area contributed by atoms with Gasteiger partial charge in [0.25, 0.3) is 5.91 Å². The van der Waals surface area contributed by atoms with Crippen molar-refractivity contribution < 1.29 is 9.72 Å². The second-order valence-corrected chi connectivity index (χ2v) is 5.11. The molecular weight excluding hydrogens is 270 g/mol. The van der Waals surface area contributed by atoms with Crippen LogP contribution in [-0.4, -0.2) is 23.9 Å². The summed E-state index contributed by atoms with van der Waals surface area (Å²) in [6.45, 7) is 7.17. The Morgan fingerprint density at radius 1 is 1.38 bits per heavy atom. The molecule has 0 bridgehead atoms. The molecule has 0 aliphatic carbocycles. The minimum atomic E-state index is -0.504. The van der Waals surface area contributed by atoms with Gasteiger partial charge in [-0.25, -0.2) is 0 Å². The van der Waals surface area contributed by atoms with Gasteiger partial charge in [-0.15, -0.1) is 0 Å². The Hall–Kier alpha value is -2.11. The maximum absolute atomic E-state index is 12.2. The van der Waals surface area contributed by atoms with Crippen molar-refractivity contribution in [3.05, 3.63) is 33.9 Å². The molecule has 1 atom stereocenters. The third kappa shape index (κ3) is 4.73. The molecule has 1 rings (SSSR count). The van der Waals surface area contributed by atoms with E-state index in [2.05, 4.69) is 10.6 Å². The molecule has 116 valence electrons. The zero-order chi connectivity index (χ0) is 15.8. The summed E-state index contributed by atoms with van der Waals surface area (Å²) in [7, 11) is 0. The normalized spacial score (nSPS) is 11.8. The summed E-state index contributed by atoms with van der Waals surface area (Å²) < 4.78 is 0. The number of hydrogen-bond acceptors (Lipinski definition) is 4. The first kappa shape index (κ1) is 16.9. The van der Waals surface area contributed by atoms with Crippen molar-refractivity contribution >= 4 is 17.3 Å². The molecule has 6 nitrogen and oxygen atoms in total. The highest BCUT2D eigenvalue weighted by Crippen LogP contribution is 2.28. The van der Waals surface area contributed by atoms with E-state index in [-0.39, 0.29) is 11.3 Å². The van der Waals surface area contributed by atoms with E-state index in [0.29, 0.717) is 24.7 Å². The standard InChI is InChI=1S/C15H23N3O3/c1-4-9-16-13-8-6-7-12(14(13)18(20)21)15(19)17-10-11(3)5-2/h6-8,11,16H,4-5,9-10H2,1-3H3,(H,17,19). The minimum Gasteiger partial charge on any atom is -0.379 e. The van der Waals surface area contributed by atoms with E-state index in [1.165, 1.54) is 6.07 Å². The molecule has 1 unspecified atom stereocenters. The number of amides is 1. The van der Waals surface area contributed by atoms with E-state index < -0.39 is 10.8 Å². The average molecular weight is 293 g/mol. The number of hydrogen-bond donors (Lipinski definition) is 2. The van der Waals surface area contributed by atoms with Gasteiger partial charge in [0.05, 0.1) is 4.92 Å². The fraction of sp³-hybridized carbons (Fsp3) is 0.533. The van der Waals surface area contributed by atoms with Crippen LogP contribution in [0.4, 0.5) is 11.4 Å². The predicted octanol–water partition coefficient (Wildman–Crippen LogP) is 3.19. The molecular formula is C15H23N3O3. The van der Waals surface area contributed by atoms with Gasteiger partial charge in [-0.3, -0.25) is 14.9 Å². The van der Waals surface area contributed by atoms with E-state index >= 15 is 0 Å². The van der Waals surface area contributed by atoms with E-state index in [4.69, 9.17) is 0 Å². The monoisotopic (exact) mass is 293 g/mol. The maximum atomic E-state index is 12.2. The van der Waals surface area contributed by atoms with E-state index in [0.717, 1.165) is 12.8 Å². The van der Waals surface area contributed by atoms with Gasteiger partial charge in [-0.05, 0) is 24.5 Å². The largest absolute Gasteiger partial charge is 0.379 e. The highest BCUT2D eigenvalue weighted by molar-refractivity contribution is 6.00. The lowest BCUT2D eigenvalue weighted by Crippen LogP contribution is -2.28. The summed E-state index contributed by atoms with van der Waals surface area (Å²) in [5, 5.41) is 17.0. The number of para-hydroxylation sites is 1. The van der Waals surface area contributed by atoms with Gasteiger partial charge in [0.15, 0.2) is 0 Å². The fourth-order valence-corrected chi connectivity index (χ4v) is 1.83. The summed E-state index contributed by atoms with van der Waals surface area (Å²) in [5.74, 6) is -0.0587. The first-order valence-corrected chi connectivity index (χ1v) is 7.30. The van der Waals surface area contributed by atoms with Crippen LogP contribution in [0.5, 0.6) is 0 Å². The highest BCUT2D eigenvalue weighted by atomic mass is 16.6. The molecule has 0 fully saturated rings. The summed E-state index contributed by atoms with van der Waals surface area (Å²) >= 11 is 0. The molecule has 0 spiro atoms. The Balaban J connectivity index is 2.99. The van der Waals surface area contributed by atoms with Crippen LogP contribution in [0, 0.1) is 16.0 Å². The third-order valence-corrected chi connectivity index (χ3v) is 3.34. The molecule has 0 heterocycles. The molecule has 0 saturated heterocycles. The van der Waals surface area contributed by atoms with Gasteiger partial charge >= 0.3 is 5.69 Å².